The van der Waals surface area contributed by atoms with Gasteiger partial charge < -0.3 is 9.80 Å². The lowest BCUT2D eigenvalue weighted by Gasteiger charge is -2.45. The van der Waals surface area contributed by atoms with Gasteiger partial charge in [0.05, 0.1) is 12.2 Å². The molecule has 3 fully saturated rings. The minimum absolute atomic E-state index is 0.344. The molecule has 1 aromatic heterocycles. The van der Waals surface area contributed by atoms with Crippen LogP contribution in [0.4, 0.5) is 0 Å². The summed E-state index contributed by atoms with van der Waals surface area (Å²) in [7, 11) is 0. The number of ketones is 1. The van der Waals surface area contributed by atoms with Gasteiger partial charge in [-0.1, -0.05) is 13.8 Å². The maximum absolute atomic E-state index is 11.6. The number of hydrogen-bond donors (Lipinski definition) is 0. The molecular formula is C25H42N4O. The first-order chi connectivity index (χ1) is 14.5. The summed E-state index contributed by atoms with van der Waals surface area (Å²) in [6.07, 6.45) is 15.3. The monoisotopic (exact) mass is 414 g/mol. The summed E-state index contributed by atoms with van der Waals surface area (Å²) in [5.74, 6) is 1.36. The molecule has 1 aromatic rings. The van der Waals surface area contributed by atoms with Gasteiger partial charge in [-0.25, -0.2) is 0 Å². The van der Waals surface area contributed by atoms with Crippen LogP contribution in [0.1, 0.15) is 96.1 Å². The Labute approximate surface area is 183 Å². The van der Waals surface area contributed by atoms with Crippen molar-refractivity contribution in [3.63, 3.8) is 0 Å². The van der Waals surface area contributed by atoms with Crippen molar-refractivity contribution in [1.82, 2.24) is 19.6 Å². The standard InChI is InChI=1S/C25H42N4O/c1-4-19(2)22-17-26-29(18-22)25-11-15-28(16-12-25)24-9-13-27(14-10-24)23-7-5-21(6-8-23)20(3)30/h17-19,21,23-25H,4-16H2,1-3H3. The number of carbonyl (C=O) groups excluding carboxylic acids is 1. The summed E-state index contributed by atoms with van der Waals surface area (Å²) >= 11 is 0. The molecule has 3 aliphatic rings. The van der Waals surface area contributed by atoms with E-state index in [0.717, 1.165) is 24.9 Å². The van der Waals surface area contributed by atoms with Crippen LogP contribution in [0.15, 0.2) is 12.4 Å². The van der Waals surface area contributed by atoms with E-state index >= 15 is 0 Å². The van der Waals surface area contributed by atoms with E-state index in [4.69, 9.17) is 5.10 Å². The molecule has 5 heteroatoms. The maximum Gasteiger partial charge on any atom is 0.132 e. The molecule has 1 atom stereocenters. The molecule has 3 heterocycles. The van der Waals surface area contributed by atoms with Crippen molar-refractivity contribution < 1.29 is 4.79 Å². The lowest BCUT2D eigenvalue weighted by Crippen LogP contribution is -2.50. The molecule has 2 aliphatic heterocycles. The quantitative estimate of drug-likeness (QED) is 0.680. The summed E-state index contributed by atoms with van der Waals surface area (Å²) < 4.78 is 2.25. The van der Waals surface area contributed by atoms with Crippen LogP contribution in [-0.2, 0) is 4.79 Å². The number of likely N-dealkylation sites (tertiary alicyclic amines) is 2. The summed E-state index contributed by atoms with van der Waals surface area (Å²) in [5.41, 5.74) is 1.39. The molecule has 5 nitrogen and oxygen atoms in total. The zero-order valence-corrected chi connectivity index (χ0v) is 19.4. The predicted octanol–water partition coefficient (Wildman–Crippen LogP) is 4.65. The minimum Gasteiger partial charge on any atom is -0.300 e. The zero-order valence-electron chi connectivity index (χ0n) is 19.4. The van der Waals surface area contributed by atoms with E-state index < -0.39 is 0 Å². The molecule has 168 valence electrons. The molecule has 0 radical (unpaired) electrons. The summed E-state index contributed by atoms with van der Waals surface area (Å²) in [5, 5.41) is 4.69. The number of carbonyl (C=O) groups is 1. The fraction of sp³-hybridized carbons (Fsp3) is 0.840. The van der Waals surface area contributed by atoms with Crippen LogP contribution >= 0.6 is 0 Å². The Bertz CT molecular complexity index is 677. The van der Waals surface area contributed by atoms with Gasteiger partial charge in [-0.05, 0) is 89.3 Å². The van der Waals surface area contributed by atoms with Crippen LogP contribution in [0.25, 0.3) is 0 Å². The molecule has 0 aromatic carbocycles. The Morgan fingerprint density at radius 3 is 2.00 bits per heavy atom. The van der Waals surface area contributed by atoms with Gasteiger partial charge in [0.25, 0.3) is 0 Å². The number of rotatable bonds is 6. The Morgan fingerprint density at radius 2 is 1.47 bits per heavy atom. The number of aromatic nitrogens is 2. The lowest BCUT2D eigenvalue weighted by atomic mass is 9.82. The number of piperidine rings is 2. The first-order valence-electron chi connectivity index (χ1n) is 12.6. The van der Waals surface area contributed by atoms with Crippen molar-refractivity contribution in [3.05, 3.63) is 18.0 Å². The Balaban J connectivity index is 1.20. The topological polar surface area (TPSA) is 41.4 Å². The second-order valence-corrected chi connectivity index (χ2v) is 10.2. The largest absolute Gasteiger partial charge is 0.300 e. The smallest absolute Gasteiger partial charge is 0.132 e. The summed E-state index contributed by atoms with van der Waals surface area (Å²) in [6, 6.07) is 2.08. The van der Waals surface area contributed by atoms with Crippen LogP contribution in [0.5, 0.6) is 0 Å². The van der Waals surface area contributed by atoms with Crippen LogP contribution in [0, 0.1) is 5.92 Å². The molecular weight excluding hydrogens is 372 g/mol. The van der Waals surface area contributed by atoms with E-state index in [-0.39, 0.29) is 0 Å². The molecule has 4 rings (SSSR count). The van der Waals surface area contributed by atoms with E-state index in [1.54, 1.807) is 6.92 Å². The van der Waals surface area contributed by atoms with Crippen LogP contribution < -0.4 is 0 Å². The highest BCUT2D eigenvalue weighted by molar-refractivity contribution is 5.78. The van der Waals surface area contributed by atoms with Crippen molar-refractivity contribution in [2.75, 3.05) is 26.2 Å². The van der Waals surface area contributed by atoms with Gasteiger partial charge >= 0.3 is 0 Å². The number of Topliss-reactive ketones (excluding diaryl/α,β-unsaturated/α-hetero) is 1. The van der Waals surface area contributed by atoms with Crippen molar-refractivity contribution >= 4 is 5.78 Å². The van der Waals surface area contributed by atoms with Gasteiger partial charge in [-0.3, -0.25) is 9.48 Å². The molecule has 0 amide bonds. The first kappa shape index (κ1) is 22.0. The van der Waals surface area contributed by atoms with Gasteiger partial charge in [0.1, 0.15) is 5.78 Å². The highest BCUT2D eigenvalue weighted by Gasteiger charge is 2.33. The summed E-state index contributed by atoms with van der Waals surface area (Å²) in [6.45, 7) is 11.3. The molecule has 1 unspecified atom stereocenters. The highest BCUT2D eigenvalue weighted by Crippen LogP contribution is 2.32. The van der Waals surface area contributed by atoms with Gasteiger partial charge in [0.2, 0.25) is 0 Å². The third-order valence-electron chi connectivity index (χ3n) is 8.48. The zero-order chi connectivity index (χ0) is 21.1. The fourth-order valence-corrected chi connectivity index (χ4v) is 6.02. The Morgan fingerprint density at radius 1 is 0.933 bits per heavy atom. The van der Waals surface area contributed by atoms with Crippen LogP contribution in [0.3, 0.4) is 0 Å². The Kier molecular flexibility index (Phi) is 7.30. The molecule has 0 N–H and O–H groups in total. The average molecular weight is 415 g/mol. The van der Waals surface area contributed by atoms with Gasteiger partial charge in [-0.2, -0.15) is 5.10 Å². The Hall–Kier alpha value is -1.20. The first-order valence-corrected chi connectivity index (χ1v) is 12.6. The molecule has 30 heavy (non-hydrogen) atoms. The molecule has 0 spiro atoms. The van der Waals surface area contributed by atoms with E-state index in [2.05, 4.69) is 40.7 Å². The van der Waals surface area contributed by atoms with E-state index in [1.807, 2.05) is 0 Å². The second kappa shape index (κ2) is 9.95. The normalized spacial score (nSPS) is 29.2. The lowest BCUT2D eigenvalue weighted by molar-refractivity contribution is -0.122. The number of nitrogens with zero attached hydrogens (tertiary/aromatic N) is 4. The predicted molar refractivity (Wildman–Crippen MR) is 122 cm³/mol. The van der Waals surface area contributed by atoms with Crippen LogP contribution in [-0.4, -0.2) is 63.6 Å². The maximum atomic E-state index is 11.6. The average Bonchev–Trinajstić information content (AvgIpc) is 3.29. The molecule has 0 bridgehead atoms. The fourth-order valence-electron chi connectivity index (χ4n) is 6.02. The van der Waals surface area contributed by atoms with E-state index in [9.17, 15) is 4.79 Å². The van der Waals surface area contributed by atoms with Gasteiger partial charge in [0, 0.05) is 37.3 Å². The van der Waals surface area contributed by atoms with Crippen molar-refractivity contribution in [2.24, 2.45) is 5.92 Å². The SMILES string of the molecule is CCC(C)c1cnn(C2CCN(C3CCN(C4CCC(C(C)=O)CC4)CC3)CC2)c1. The van der Waals surface area contributed by atoms with Gasteiger partial charge in [0.15, 0.2) is 0 Å². The second-order valence-electron chi connectivity index (χ2n) is 10.2. The van der Waals surface area contributed by atoms with Crippen molar-refractivity contribution in [2.45, 2.75) is 103 Å². The van der Waals surface area contributed by atoms with E-state index in [0.29, 0.717) is 23.7 Å². The number of hydrogen-bond acceptors (Lipinski definition) is 4. The van der Waals surface area contributed by atoms with Gasteiger partial charge in [-0.15, -0.1) is 0 Å². The third kappa shape index (κ3) is 4.99. The highest BCUT2D eigenvalue weighted by atomic mass is 16.1. The van der Waals surface area contributed by atoms with E-state index in [1.165, 1.54) is 76.7 Å². The minimum atomic E-state index is 0.344. The molecule has 1 aliphatic carbocycles. The van der Waals surface area contributed by atoms with Crippen LogP contribution in [0.2, 0.25) is 0 Å². The van der Waals surface area contributed by atoms with Crippen molar-refractivity contribution in [1.29, 1.82) is 0 Å². The molecule has 2 saturated heterocycles. The van der Waals surface area contributed by atoms with Crippen molar-refractivity contribution in [3.8, 4) is 0 Å². The molecule has 1 saturated carbocycles. The summed E-state index contributed by atoms with van der Waals surface area (Å²) in [4.78, 5) is 17.1. The third-order valence-corrected chi connectivity index (χ3v) is 8.48.